The van der Waals surface area contributed by atoms with Crippen LogP contribution in [0, 0.1) is 5.92 Å². The zero-order chi connectivity index (χ0) is 12.8. The fourth-order valence-corrected chi connectivity index (χ4v) is 3.66. The van der Waals surface area contributed by atoms with E-state index in [1.165, 1.54) is 11.3 Å². The Kier molecular flexibility index (Phi) is 2.81. The Morgan fingerprint density at radius 2 is 1.83 bits per heavy atom. The second-order valence-electron chi connectivity index (χ2n) is 5.80. The van der Waals surface area contributed by atoms with Crippen molar-refractivity contribution >= 4 is 11.9 Å². The summed E-state index contributed by atoms with van der Waals surface area (Å²) in [6.07, 6.45) is 7.13. The lowest BCUT2D eigenvalue weighted by molar-refractivity contribution is -0.149. The first-order valence-corrected chi connectivity index (χ1v) is 6.99. The Morgan fingerprint density at radius 1 is 1.11 bits per heavy atom. The molecule has 3 rings (SSSR count). The van der Waals surface area contributed by atoms with E-state index in [9.17, 15) is 14.7 Å². The highest BCUT2D eigenvalue weighted by Gasteiger charge is 2.54. The molecular formula is C13H20N2O3. The van der Waals surface area contributed by atoms with E-state index in [4.69, 9.17) is 0 Å². The first-order valence-electron chi connectivity index (χ1n) is 6.99. The minimum absolute atomic E-state index is 0.0383. The van der Waals surface area contributed by atoms with Crippen LogP contribution in [-0.2, 0) is 4.79 Å². The number of carbonyl (C=O) groups is 2. The number of hydrogen-bond acceptors (Lipinski definition) is 3. The summed E-state index contributed by atoms with van der Waals surface area (Å²) < 4.78 is 0. The number of amides is 3. The summed E-state index contributed by atoms with van der Waals surface area (Å²) in [6.45, 7) is 0. The number of nitrogens with zero attached hydrogens (tertiary/aromatic N) is 1. The number of carbonyl (C=O) groups excluding carboxylic acids is 2. The standard InChI is InChI=1S/C13H20N2O3/c16-11-10-7-4-8-13(10,18)14-12(17)15(11)9-5-2-1-3-6-9/h9-10,18H,1-8H2,(H,14,17). The largest absolute Gasteiger partial charge is 0.370 e. The third-order valence-corrected chi connectivity index (χ3v) is 4.64. The van der Waals surface area contributed by atoms with Crippen molar-refractivity contribution in [3.8, 4) is 0 Å². The predicted molar refractivity (Wildman–Crippen MR) is 64.5 cm³/mol. The van der Waals surface area contributed by atoms with E-state index in [2.05, 4.69) is 5.32 Å². The van der Waals surface area contributed by atoms with Gasteiger partial charge in [-0.3, -0.25) is 9.69 Å². The quantitative estimate of drug-likeness (QED) is 0.740. The van der Waals surface area contributed by atoms with Gasteiger partial charge in [-0.1, -0.05) is 19.3 Å². The van der Waals surface area contributed by atoms with Crippen LogP contribution < -0.4 is 5.32 Å². The Labute approximate surface area is 107 Å². The molecule has 0 spiro atoms. The van der Waals surface area contributed by atoms with Crippen LogP contribution in [0.4, 0.5) is 4.79 Å². The second kappa shape index (κ2) is 4.23. The normalized spacial score (nSPS) is 37.6. The number of rotatable bonds is 1. The third kappa shape index (κ3) is 1.72. The predicted octanol–water partition coefficient (Wildman–Crippen LogP) is 1.36. The zero-order valence-electron chi connectivity index (χ0n) is 10.5. The molecule has 2 saturated carbocycles. The molecule has 18 heavy (non-hydrogen) atoms. The highest BCUT2D eigenvalue weighted by Crippen LogP contribution is 2.39. The zero-order valence-corrected chi connectivity index (χ0v) is 10.5. The van der Waals surface area contributed by atoms with Crippen LogP contribution in [0.3, 0.4) is 0 Å². The molecule has 0 aromatic carbocycles. The lowest BCUT2D eigenvalue weighted by Crippen LogP contribution is -2.67. The van der Waals surface area contributed by atoms with Gasteiger partial charge in [0, 0.05) is 6.04 Å². The fraction of sp³-hybridized carbons (Fsp3) is 0.846. The van der Waals surface area contributed by atoms with Gasteiger partial charge >= 0.3 is 6.03 Å². The monoisotopic (exact) mass is 252 g/mol. The summed E-state index contributed by atoms with van der Waals surface area (Å²) in [5.74, 6) is -0.595. The van der Waals surface area contributed by atoms with E-state index in [0.717, 1.165) is 32.1 Å². The highest BCUT2D eigenvalue weighted by molar-refractivity contribution is 5.99. The molecule has 2 N–H and O–H groups in total. The summed E-state index contributed by atoms with van der Waals surface area (Å²) in [5.41, 5.74) is -1.28. The van der Waals surface area contributed by atoms with E-state index in [1.807, 2.05) is 0 Å². The molecule has 3 amide bonds. The van der Waals surface area contributed by atoms with Crippen molar-refractivity contribution in [2.24, 2.45) is 5.92 Å². The summed E-state index contributed by atoms with van der Waals surface area (Å²) in [6, 6.07) is -0.357. The smallest absolute Gasteiger partial charge is 0.326 e. The van der Waals surface area contributed by atoms with Crippen LogP contribution >= 0.6 is 0 Å². The van der Waals surface area contributed by atoms with Gasteiger partial charge in [0.05, 0.1) is 5.92 Å². The Hall–Kier alpha value is -1.10. The van der Waals surface area contributed by atoms with Crippen molar-refractivity contribution in [1.29, 1.82) is 0 Å². The van der Waals surface area contributed by atoms with Gasteiger partial charge in [0.25, 0.3) is 0 Å². The average molecular weight is 252 g/mol. The van der Waals surface area contributed by atoms with Crippen molar-refractivity contribution in [2.45, 2.75) is 63.1 Å². The molecule has 2 unspecified atom stereocenters. The highest BCUT2D eigenvalue weighted by atomic mass is 16.3. The van der Waals surface area contributed by atoms with E-state index in [1.54, 1.807) is 0 Å². The molecular weight excluding hydrogens is 232 g/mol. The molecule has 5 heteroatoms. The van der Waals surface area contributed by atoms with Crippen LogP contribution in [0.15, 0.2) is 0 Å². The first kappa shape index (κ1) is 12.0. The van der Waals surface area contributed by atoms with Crippen LogP contribution in [-0.4, -0.2) is 33.7 Å². The topological polar surface area (TPSA) is 69.6 Å². The molecule has 0 aromatic rings. The van der Waals surface area contributed by atoms with E-state index in [0.29, 0.717) is 12.8 Å². The molecule has 0 radical (unpaired) electrons. The molecule has 1 aliphatic heterocycles. The van der Waals surface area contributed by atoms with Crippen molar-refractivity contribution < 1.29 is 14.7 Å². The molecule has 0 bridgehead atoms. The number of aliphatic hydroxyl groups is 1. The fourth-order valence-electron chi connectivity index (χ4n) is 3.66. The third-order valence-electron chi connectivity index (χ3n) is 4.64. The van der Waals surface area contributed by atoms with E-state index in [-0.39, 0.29) is 11.9 Å². The van der Waals surface area contributed by atoms with E-state index >= 15 is 0 Å². The Morgan fingerprint density at radius 3 is 2.56 bits per heavy atom. The lowest BCUT2D eigenvalue weighted by Gasteiger charge is -2.43. The molecule has 1 saturated heterocycles. The summed E-state index contributed by atoms with van der Waals surface area (Å²) in [7, 11) is 0. The minimum Gasteiger partial charge on any atom is -0.370 e. The van der Waals surface area contributed by atoms with Gasteiger partial charge in [0.1, 0.15) is 0 Å². The molecule has 1 heterocycles. The van der Waals surface area contributed by atoms with Gasteiger partial charge in [0.2, 0.25) is 5.91 Å². The lowest BCUT2D eigenvalue weighted by atomic mass is 9.90. The summed E-state index contributed by atoms with van der Waals surface area (Å²) in [4.78, 5) is 25.9. The maximum atomic E-state index is 12.4. The van der Waals surface area contributed by atoms with Crippen LogP contribution in [0.25, 0.3) is 0 Å². The molecule has 2 atom stereocenters. The number of hydrogen-bond donors (Lipinski definition) is 2. The molecule has 0 aromatic heterocycles. The van der Waals surface area contributed by atoms with E-state index < -0.39 is 17.7 Å². The number of imide groups is 1. The van der Waals surface area contributed by atoms with Gasteiger partial charge in [-0.05, 0) is 32.1 Å². The number of nitrogens with one attached hydrogen (secondary N) is 1. The van der Waals surface area contributed by atoms with Gasteiger partial charge in [-0.25, -0.2) is 4.79 Å². The van der Waals surface area contributed by atoms with Crippen molar-refractivity contribution in [3.05, 3.63) is 0 Å². The number of fused-ring (bicyclic) bond motifs is 1. The van der Waals surface area contributed by atoms with Crippen LogP contribution in [0.1, 0.15) is 51.4 Å². The molecule has 3 aliphatic rings. The second-order valence-corrected chi connectivity index (χ2v) is 5.80. The van der Waals surface area contributed by atoms with Gasteiger partial charge in [-0.15, -0.1) is 0 Å². The SMILES string of the molecule is O=C1NC2(O)CCCC2C(=O)N1C1CCCCC1. The summed E-state index contributed by atoms with van der Waals surface area (Å²) >= 11 is 0. The molecule has 2 aliphatic carbocycles. The summed E-state index contributed by atoms with van der Waals surface area (Å²) in [5, 5.41) is 12.9. The van der Waals surface area contributed by atoms with Gasteiger partial charge < -0.3 is 10.4 Å². The molecule has 5 nitrogen and oxygen atoms in total. The average Bonchev–Trinajstić information content (AvgIpc) is 2.72. The maximum Gasteiger partial charge on any atom is 0.326 e. The maximum absolute atomic E-state index is 12.4. The van der Waals surface area contributed by atoms with Crippen molar-refractivity contribution in [1.82, 2.24) is 10.2 Å². The van der Waals surface area contributed by atoms with Gasteiger partial charge in [0.15, 0.2) is 5.72 Å². The number of urea groups is 1. The van der Waals surface area contributed by atoms with Crippen LogP contribution in [0.5, 0.6) is 0 Å². The Bertz CT molecular complexity index is 378. The molecule has 100 valence electrons. The van der Waals surface area contributed by atoms with Crippen molar-refractivity contribution in [2.75, 3.05) is 0 Å². The Balaban J connectivity index is 1.83. The first-order chi connectivity index (χ1) is 8.62. The molecule has 3 fully saturated rings. The van der Waals surface area contributed by atoms with Crippen molar-refractivity contribution in [3.63, 3.8) is 0 Å². The van der Waals surface area contributed by atoms with Gasteiger partial charge in [-0.2, -0.15) is 0 Å². The minimum atomic E-state index is -1.28. The van der Waals surface area contributed by atoms with Crippen LogP contribution in [0.2, 0.25) is 0 Å².